The molecule has 1 fully saturated rings. The van der Waals surface area contributed by atoms with Crippen molar-refractivity contribution in [1.82, 2.24) is 5.32 Å². The zero-order valence-corrected chi connectivity index (χ0v) is 13.2. The number of aryl methyl sites for hydroxylation is 1. The van der Waals surface area contributed by atoms with Crippen LogP contribution in [0.15, 0.2) is 12.1 Å². The quantitative estimate of drug-likeness (QED) is 0.906. The monoisotopic (exact) mass is 291 g/mol. The van der Waals surface area contributed by atoms with E-state index in [9.17, 15) is 4.79 Å². The number of nitrogens with one attached hydrogen (secondary N) is 1. The average molecular weight is 291 g/mol. The molecule has 1 aliphatic carbocycles. The zero-order valence-electron chi connectivity index (χ0n) is 13.2. The van der Waals surface area contributed by atoms with Crippen molar-refractivity contribution in [1.29, 1.82) is 0 Å². The molecule has 0 aromatic heterocycles. The summed E-state index contributed by atoms with van der Waals surface area (Å²) in [5.41, 5.74) is 2.16. The van der Waals surface area contributed by atoms with Crippen LogP contribution in [-0.2, 0) is 11.3 Å². The Morgan fingerprint density at radius 3 is 2.38 bits per heavy atom. The number of hydrogen-bond acceptors (Lipinski definition) is 3. The Kier molecular flexibility index (Phi) is 5.48. The fourth-order valence-electron chi connectivity index (χ4n) is 2.90. The first-order valence-corrected chi connectivity index (χ1v) is 7.65. The van der Waals surface area contributed by atoms with Gasteiger partial charge in [0.05, 0.1) is 14.2 Å². The van der Waals surface area contributed by atoms with Crippen LogP contribution in [0.5, 0.6) is 11.5 Å². The Bertz CT molecular complexity index is 493. The lowest BCUT2D eigenvalue weighted by atomic mass is 9.88. The lowest BCUT2D eigenvalue weighted by molar-refractivity contribution is -0.126. The van der Waals surface area contributed by atoms with Crippen molar-refractivity contribution >= 4 is 5.91 Å². The van der Waals surface area contributed by atoms with E-state index in [-0.39, 0.29) is 11.8 Å². The molecule has 1 N–H and O–H groups in total. The van der Waals surface area contributed by atoms with Crippen molar-refractivity contribution in [2.75, 3.05) is 14.2 Å². The number of methoxy groups -OCH3 is 2. The average Bonchev–Trinajstić information content (AvgIpc) is 2.53. The number of benzene rings is 1. The minimum absolute atomic E-state index is 0.184. The Labute approximate surface area is 126 Å². The first kappa shape index (κ1) is 15.7. The number of rotatable bonds is 5. The van der Waals surface area contributed by atoms with Crippen LogP contribution < -0.4 is 14.8 Å². The van der Waals surface area contributed by atoms with Gasteiger partial charge in [0.1, 0.15) is 0 Å². The SMILES string of the molecule is COc1cc(C)c(CNC(=O)C2CCCCC2)cc1OC. The molecule has 1 aromatic rings. The minimum atomic E-state index is 0.184. The molecule has 4 heteroatoms. The number of hydrogen-bond donors (Lipinski definition) is 1. The van der Waals surface area contributed by atoms with Gasteiger partial charge in [-0.25, -0.2) is 0 Å². The largest absolute Gasteiger partial charge is 0.493 e. The zero-order chi connectivity index (χ0) is 15.2. The van der Waals surface area contributed by atoms with Crippen LogP contribution in [0.2, 0.25) is 0 Å². The third kappa shape index (κ3) is 3.90. The number of carbonyl (C=O) groups excluding carboxylic acids is 1. The number of amides is 1. The van der Waals surface area contributed by atoms with Gasteiger partial charge in [0.25, 0.3) is 0 Å². The van der Waals surface area contributed by atoms with E-state index in [1.807, 2.05) is 19.1 Å². The van der Waals surface area contributed by atoms with Crippen LogP contribution in [0.25, 0.3) is 0 Å². The van der Waals surface area contributed by atoms with Crippen LogP contribution in [0.3, 0.4) is 0 Å². The van der Waals surface area contributed by atoms with Gasteiger partial charge in [-0.1, -0.05) is 19.3 Å². The maximum absolute atomic E-state index is 12.2. The molecule has 21 heavy (non-hydrogen) atoms. The fourth-order valence-corrected chi connectivity index (χ4v) is 2.90. The minimum Gasteiger partial charge on any atom is -0.493 e. The Morgan fingerprint density at radius 1 is 1.14 bits per heavy atom. The van der Waals surface area contributed by atoms with Crippen molar-refractivity contribution in [2.45, 2.75) is 45.6 Å². The highest BCUT2D eigenvalue weighted by atomic mass is 16.5. The van der Waals surface area contributed by atoms with Crippen molar-refractivity contribution in [2.24, 2.45) is 5.92 Å². The van der Waals surface area contributed by atoms with E-state index in [0.717, 1.165) is 29.7 Å². The molecule has 0 saturated heterocycles. The van der Waals surface area contributed by atoms with Gasteiger partial charge in [-0.2, -0.15) is 0 Å². The van der Waals surface area contributed by atoms with Crippen LogP contribution in [0.1, 0.15) is 43.2 Å². The highest BCUT2D eigenvalue weighted by Crippen LogP contribution is 2.30. The molecule has 2 rings (SSSR count). The van der Waals surface area contributed by atoms with E-state index in [4.69, 9.17) is 9.47 Å². The highest BCUT2D eigenvalue weighted by molar-refractivity contribution is 5.78. The van der Waals surface area contributed by atoms with E-state index in [1.54, 1.807) is 14.2 Å². The fraction of sp³-hybridized carbons (Fsp3) is 0.588. The second kappa shape index (κ2) is 7.34. The maximum atomic E-state index is 12.2. The van der Waals surface area contributed by atoms with Gasteiger partial charge in [0.2, 0.25) is 5.91 Å². The molecule has 1 amide bonds. The molecule has 116 valence electrons. The van der Waals surface area contributed by atoms with Gasteiger partial charge < -0.3 is 14.8 Å². The summed E-state index contributed by atoms with van der Waals surface area (Å²) in [6.45, 7) is 2.56. The molecule has 1 aliphatic rings. The summed E-state index contributed by atoms with van der Waals surface area (Å²) in [7, 11) is 3.25. The molecular formula is C17H25NO3. The summed E-state index contributed by atoms with van der Waals surface area (Å²) in [5, 5.41) is 3.06. The molecule has 0 spiro atoms. The van der Waals surface area contributed by atoms with E-state index < -0.39 is 0 Å². The summed E-state index contributed by atoms with van der Waals surface area (Å²) < 4.78 is 10.6. The van der Waals surface area contributed by atoms with Crippen LogP contribution in [0, 0.1) is 12.8 Å². The summed E-state index contributed by atoms with van der Waals surface area (Å²) >= 11 is 0. The van der Waals surface area contributed by atoms with Crippen LogP contribution >= 0.6 is 0 Å². The summed E-state index contributed by atoms with van der Waals surface area (Å²) in [6.07, 6.45) is 5.66. The Hall–Kier alpha value is -1.71. The molecule has 1 aromatic carbocycles. The van der Waals surface area contributed by atoms with Gasteiger partial charge in [-0.05, 0) is 43.0 Å². The van der Waals surface area contributed by atoms with E-state index in [1.165, 1.54) is 19.3 Å². The summed E-state index contributed by atoms with van der Waals surface area (Å²) in [6, 6.07) is 3.89. The number of ether oxygens (including phenoxy) is 2. The molecule has 0 atom stereocenters. The maximum Gasteiger partial charge on any atom is 0.223 e. The normalized spacial score (nSPS) is 15.6. The first-order chi connectivity index (χ1) is 10.2. The molecule has 4 nitrogen and oxygen atoms in total. The molecule has 0 heterocycles. The standard InChI is InChI=1S/C17H25NO3/c1-12-9-15(20-2)16(21-3)10-14(12)11-18-17(19)13-7-5-4-6-8-13/h9-10,13H,4-8,11H2,1-3H3,(H,18,19). The molecular weight excluding hydrogens is 266 g/mol. The first-order valence-electron chi connectivity index (χ1n) is 7.65. The Morgan fingerprint density at radius 2 is 1.76 bits per heavy atom. The molecule has 0 unspecified atom stereocenters. The lowest BCUT2D eigenvalue weighted by Gasteiger charge is -2.21. The topological polar surface area (TPSA) is 47.6 Å². The van der Waals surface area contributed by atoms with Gasteiger partial charge in [-0.3, -0.25) is 4.79 Å². The van der Waals surface area contributed by atoms with Crippen molar-refractivity contribution < 1.29 is 14.3 Å². The lowest BCUT2D eigenvalue weighted by Crippen LogP contribution is -2.31. The van der Waals surface area contributed by atoms with Gasteiger partial charge in [-0.15, -0.1) is 0 Å². The number of carbonyl (C=O) groups is 1. The third-order valence-corrected chi connectivity index (χ3v) is 4.27. The van der Waals surface area contributed by atoms with Crippen molar-refractivity contribution in [3.8, 4) is 11.5 Å². The third-order valence-electron chi connectivity index (χ3n) is 4.27. The van der Waals surface area contributed by atoms with Crippen LogP contribution in [-0.4, -0.2) is 20.1 Å². The molecule has 0 radical (unpaired) electrons. The summed E-state index contributed by atoms with van der Waals surface area (Å²) in [4.78, 5) is 12.2. The van der Waals surface area contributed by atoms with E-state index in [2.05, 4.69) is 5.32 Å². The predicted molar refractivity (Wildman–Crippen MR) is 82.7 cm³/mol. The predicted octanol–water partition coefficient (Wildman–Crippen LogP) is 3.21. The van der Waals surface area contributed by atoms with E-state index in [0.29, 0.717) is 12.3 Å². The van der Waals surface area contributed by atoms with Gasteiger partial charge in [0.15, 0.2) is 11.5 Å². The Balaban J connectivity index is 2.00. The molecule has 0 bridgehead atoms. The molecule has 1 saturated carbocycles. The van der Waals surface area contributed by atoms with Gasteiger partial charge in [0, 0.05) is 12.5 Å². The van der Waals surface area contributed by atoms with Crippen LogP contribution in [0.4, 0.5) is 0 Å². The van der Waals surface area contributed by atoms with Crippen molar-refractivity contribution in [3.05, 3.63) is 23.3 Å². The smallest absolute Gasteiger partial charge is 0.223 e. The summed E-state index contributed by atoms with van der Waals surface area (Å²) in [5.74, 6) is 1.80. The van der Waals surface area contributed by atoms with Crippen molar-refractivity contribution in [3.63, 3.8) is 0 Å². The van der Waals surface area contributed by atoms with Gasteiger partial charge >= 0.3 is 0 Å². The second-order valence-corrected chi connectivity index (χ2v) is 5.69. The second-order valence-electron chi connectivity index (χ2n) is 5.69. The highest BCUT2D eigenvalue weighted by Gasteiger charge is 2.21. The van der Waals surface area contributed by atoms with E-state index >= 15 is 0 Å². The molecule has 0 aliphatic heterocycles.